The number of anilines is 1. The molecule has 1 aliphatic heterocycles. The first kappa shape index (κ1) is 11.1. The summed E-state index contributed by atoms with van der Waals surface area (Å²) in [7, 11) is 0. The van der Waals surface area contributed by atoms with Gasteiger partial charge in [0.25, 0.3) is 0 Å². The van der Waals surface area contributed by atoms with Crippen molar-refractivity contribution in [2.75, 3.05) is 11.1 Å². The molecule has 17 heavy (non-hydrogen) atoms. The first-order chi connectivity index (χ1) is 8.31. The predicted octanol–water partition coefficient (Wildman–Crippen LogP) is 3.68. The summed E-state index contributed by atoms with van der Waals surface area (Å²) in [6, 6.07) is 9.10. The molecule has 1 saturated carbocycles. The lowest BCUT2D eigenvalue weighted by atomic mass is 10.1. The van der Waals surface area contributed by atoms with E-state index in [1.165, 1.54) is 30.6 Å². The first-order valence-corrected chi connectivity index (χ1v) is 7.34. The van der Waals surface area contributed by atoms with Crippen molar-refractivity contribution >= 4 is 22.6 Å². The SMILES string of the molecule is Cc1ccc(NC2=NC3CCCC3CS2)cc1. The number of benzene rings is 1. The van der Waals surface area contributed by atoms with E-state index in [4.69, 9.17) is 4.99 Å². The van der Waals surface area contributed by atoms with Crippen LogP contribution in [0.2, 0.25) is 0 Å². The van der Waals surface area contributed by atoms with Crippen molar-refractivity contribution in [2.45, 2.75) is 32.2 Å². The predicted molar refractivity (Wildman–Crippen MR) is 75.8 cm³/mol. The molecular weight excluding hydrogens is 228 g/mol. The van der Waals surface area contributed by atoms with Gasteiger partial charge in [0, 0.05) is 11.4 Å². The number of hydrogen-bond donors (Lipinski definition) is 1. The topological polar surface area (TPSA) is 24.4 Å². The summed E-state index contributed by atoms with van der Waals surface area (Å²) < 4.78 is 0. The van der Waals surface area contributed by atoms with Gasteiger partial charge in [-0.25, -0.2) is 0 Å². The lowest BCUT2D eigenvalue weighted by Crippen LogP contribution is -2.25. The Morgan fingerprint density at radius 3 is 2.88 bits per heavy atom. The molecule has 0 aromatic heterocycles. The van der Waals surface area contributed by atoms with E-state index in [-0.39, 0.29) is 0 Å². The molecule has 0 radical (unpaired) electrons. The number of fused-ring (bicyclic) bond motifs is 1. The van der Waals surface area contributed by atoms with Gasteiger partial charge in [-0.15, -0.1) is 0 Å². The standard InChI is InChI=1S/C14H18N2S/c1-10-5-7-12(8-6-10)15-14-16-13-4-2-3-11(13)9-17-14/h5-8,11,13H,2-4,9H2,1H3,(H,15,16). The van der Waals surface area contributed by atoms with E-state index in [1.54, 1.807) is 0 Å². The highest BCUT2D eigenvalue weighted by molar-refractivity contribution is 8.14. The summed E-state index contributed by atoms with van der Waals surface area (Å²) in [5.41, 5.74) is 2.45. The molecule has 0 amide bonds. The molecular formula is C14H18N2S. The van der Waals surface area contributed by atoms with E-state index in [0.29, 0.717) is 6.04 Å². The number of aliphatic imine (C=N–C) groups is 1. The van der Waals surface area contributed by atoms with Crippen molar-refractivity contribution in [1.29, 1.82) is 0 Å². The van der Waals surface area contributed by atoms with Gasteiger partial charge in [-0.2, -0.15) is 0 Å². The van der Waals surface area contributed by atoms with Crippen LogP contribution in [-0.2, 0) is 0 Å². The maximum Gasteiger partial charge on any atom is 0.161 e. The third kappa shape index (κ3) is 2.49. The lowest BCUT2D eigenvalue weighted by Gasteiger charge is -2.23. The fourth-order valence-corrected chi connectivity index (χ4v) is 3.74. The Bertz CT molecular complexity index is 424. The molecule has 2 unspecified atom stereocenters. The number of hydrogen-bond acceptors (Lipinski definition) is 3. The Hall–Kier alpha value is -0.960. The molecule has 2 aliphatic rings. The maximum atomic E-state index is 4.83. The van der Waals surface area contributed by atoms with Crippen LogP contribution in [0, 0.1) is 12.8 Å². The Labute approximate surface area is 107 Å². The summed E-state index contributed by atoms with van der Waals surface area (Å²) in [6.07, 6.45) is 4.01. The van der Waals surface area contributed by atoms with E-state index in [9.17, 15) is 0 Å². The molecule has 1 aromatic carbocycles. The van der Waals surface area contributed by atoms with Crippen molar-refractivity contribution in [3.63, 3.8) is 0 Å². The minimum absolute atomic E-state index is 0.587. The molecule has 3 rings (SSSR count). The van der Waals surface area contributed by atoms with E-state index >= 15 is 0 Å². The van der Waals surface area contributed by atoms with E-state index in [1.807, 2.05) is 11.8 Å². The highest BCUT2D eigenvalue weighted by atomic mass is 32.2. The normalized spacial score (nSPS) is 27.5. The van der Waals surface area contributed by atoms with Crippen LogP contribution < -0.4 is 5.32 Å². The van der Waals surface area contributed by atoms with Crippen molar-refractivity contribution in [3.05, 3.63) is 29.8 Å². The molecule has 90 valence electrons. The van der Waals surface area contributed by atoms with E-state index < -0.39 is 0 Å². The molecule has 1 fully saturated rings. The van der Waals surface area contributed by atoms with Crippen LogP contribution in [-0.4, -0.2) is 17.0 Å². The van der Waals surface area contributed by atoms with E-state index in [0.717, 1.165) is 16.8 Å². The van der Waals surface area contributed by atoms with Gasteiger partial charge in [0.05, 0.1) is 6.04 Å². The molecule has 1 aromatic rings. The van der Waals surface area contributed by atoms with Crippen LogP contribution in [0.1, 0.15) is 24.8 Å². The smallest absolute Gasteiger partial charge is 0.161 e. The van der Waals surface area contributed by atoms with Crippen molar-refractivity contribution in [1.82, 2.24) is 0 Å². The minimum Gasteiger partial charge on any atom is -0.335 e. The Morgan fingerprint density at radius 1 is 1.24 bits per heavy atom. The molecule has 0 saturated heterocycles. The van der Waals surface area contributed by atoms with Crippen LogP contribution in [0.4, 0.5) is 5.69 Å². The first-order valence-electron chi connectivity index (χ1n) is 6.35. The largest absolute Gasteiger partial charge is 0.335 e. The van der Waals surface area contributed by atoms with Gasteiger partial charge in [-0.3, -0.25) is 4.99 Å². The summed E-state index contributed by atoms with van der Waals surface area (Å²) in [6.45, 7) is 2.11. The Morgan fingerprint density at radius 2 is 2.06 bits per heavy atom. The average Bonchev–Trinajstić information content (AvgIpc) is 2.79. The number of aryl methyl sites for hydroxylation is 1. The third-order valence-electron chi connectivity index (χ3n) is 3.64. The van der Waals surface area contributed by atoms with Gasteiger partial charge < -0.3 is 5.32 Å². The van der Waals surface area contributed by atoms with Gasteiger partial charge in [0.1, 0.15) is 0 Å². The van der Waals surface area contributed by atoms with Crippen molar-refractivity contribution in [2.24, 2.45) is 10.9 Å². The summed E-state index contributed by atoms with van der Waals surface area (Å²) >= 11 is 1.88. The van der Waals surface area contributed by atoms with Crippen LogP contribution >= 0.6 is 11.8 Å². The molecule has 1 N–H and O–H groups in total. The fraction of sp³-hybridized carbons (Fsp3) is 0.500. The Kier molecular flexibility index (Phi) is 3.10. The second-order valence-electron chi connectivity index (χ2n) is 4.99. The van der Waals surface area contributed by atoms with Crippen LogP contribution in [0.5, 0.6) is 0 Å². The molecule has 1 heterocycles. The molecule has 0 spiro atoms. The zero-order chi connectivity index (χ0) is 11.7. The second kappa shape index (κ2) is 4.73. The highest BCUT2D eigenvalue weighted by Gasteiger charge is 2.30. The zero-order valence-corrected chi connectivity index (χ0v) is 11.0. The zero-order valence-electron chi connectivity index (χ0n) is 10.1. The summed E-state index contributed by atoms with van der Waals surface area (Å²) in [5, 5.41) is 4.54. The van der Waals surface area contributed by atoms with Gasteiger partial charge in [0.2, 0.25) is 0 Å². The number of amidine groups is 1. The summed E-state index contributed by atoms with van der Waals surface area (Å²) in [4.78, 5) is 4.83. The van der Waals surface area contributed by atoms with E-state index in [2.05, 4.69) is 36.5 Å². The fourth-order valence-electron chi connectivity index (χ4n) is 2.58. The third-order valence-corrected chi connectivity index (χ3v) is 4.71. The number of thioether (sulfide) groups is 1. The molecule has 0 bridgehead atoms. The van der Waals surface area contributed by atoms with Crippen LogP contribution in [0.15, 0.2) is 29.3 Å². The average molecular weight is 246 g/mol. The molecule has 1 aliphatic carbocycles. The Balaban J connectivity index is 1.71. The molecule has 3 heteroatoms. The van der Waals surface area contributed by atoms with Gasteiger partial charge in [-0.05, 0) is 37.8 Å². The van der Waals surface area contributed by atoms with Crippen molar-refractivity contribution < 1.29 is 0 Å². The molecule has 2 nitrogen and oxygen atoms in total. The monoisotopic (exact) mass is 246 g/mol. The number of rotatable bonds is 1. The van der Waals surface area contributed by atoms with Gasteiger partial charge in [0.15, 0.2) is 5.17 Å². The van der Waals surface area contributed by atoms with Crippen molar-refractivity contribution in [3.8, 4) is 0 Å². The maximum absolute atomic E-state index is 4.83. The van der Waals surface area contributed by atoms with Gasteiger partial charge in [-0.1, -0.05) is 35.9 Å². The van der Waals surface area contributed by atoms with Gasteiger partial charge >= 0.3 is 0 Å². The quantitative estimate of drug-likeness (QED) is 0.817. The van der Waals surface area contributed by atoms with Crippen LogP contribution in [0.25, 0.3) is 0 Å². The summed E-state index contributed by atoms with van der Waals surface area (Å²) in [5.74, 6) is 2.08. The minimum atomic E-state index is 0.587. The molecule has 2 atom stereocenters. The second-order valence-corrected chi connectivity index (χ2v) is 6.00. The number of nitrogens with one attached hydrogen (secondary N) is 1. The lowest BCUT2D eigenvalue weighted by molar-refractivity contribution is 0.535. The number of nitrogens with zero attached hydrogens (tertiary/aromatic N) is 1. The van der Waals surface area contributed by atoms with Crippen LogP contribution in [0.3, 0.4) is 0 Å². The highest BCUT2D eigenvalue weighted by Crippen LogP contribution is 2.35.